The van der Waals surface area contributed by atoms with Crippen LogP contribution in [-0.2, 0) is 9.59 Å². The zero-order chi connectivity index (χ0) is 18.6. The van der Waals surface area contributed by atoms with Gasteiger partial charge in [0.05, 0.1) is 6.04 Å². The number of aromatic nitrogens is 2. The van der Waals surface area contributed by atoms with Crippen molar-refractivity contribution in [2.45, 2.75) is 52.1 Å². The van der Waals surface area contributed by atoms with Crippen molar-refractivity contribution >= 4 is 23.6 Å². The second-order valence-corrected chi connectivity index (χ2v) is 7.11. The molecule has 2 heterocycles. The van der Waals surface area contributed by atoms with Crippen LogP contribution in [-0.4, -0.2) is 46.5 Å². The zero-order valence-corrected chi connectivity index (χ0v) is 15.4. The van der Waals surface area contributed by atoms with Crippen molar-refractivity contribution in [1.82, 2.24) is 20.6 Å². The molecule has 2 atom stereocenters. The smallest absolute Gasteiger partial charge is 0.245 e. The fourth-order valence-electron chi connectivity index (χ4n) is 3.27. The minimum absolute atomic E-state index is 0.00308. The summed E-state index contributed by atoms with van der Waals surface area (Å²) in [6.45, 7) is 8.41. The third-order valence-electron chi connectivity index (χ3n) is 4.46. The van der Waals surface area contributed by atoms with Crippen LogP contribution in [0.2, 0.25) is 0 Å². The van der Waals surface area contributed by atoms with Gasteiger partial charge in [0.1, 0.15) is 11.4 Å². The van der Waals surface area contributed by atoms with Crippen LogP contribution >= 0.6 is 0 Å². The lowest BCUT2D eigenvalue weighted by Gasteiger charge is -2.28. The van der Waals surface area contributed by atoms with Gasteiger partial charge in [0, 0.05) is 26.2 Å². The molecule has 2 amide bonds. The van der Waals surface area contributed by atoms with E-state index in [4.69, 9.17) is 5.73 Å². The molecular weight excluding hydrogens is 320 g/mol. The van der Waals surface area contributed by atoms with Crippen molar-refractivity contribution in [3.05, 3.63) is 12.3 Å². The summed E-state index contributed by atoms with van der Waals surface area (Å²) in [7, 11) is 0. The molecule has 25 heavy (non-hydrogen) atoms. The van der Waals surface area contributed by atoms with Gasteiger partial charge in [0.15, 0.2) is 0 Å². The molecule has 1 aromatic rings. The second kappa shape index (κ2) is 7.67. The molecule has 0 bridgehead atoms. The second-order valence-electron chi connectivity index (χ2n) is 7.11. The van der Waals surface area contributed by atoms with E-state index in [-0.39, 0.29) is 23.8 Å². The SMILES string of the molecule is CCC[C@H]1CN(c2ccnc(N)n2)C[C@@H]1NC(=O)C(C)(C)NC(C)=O. The van der Waals surface area contributed by atoms with Crippen LogP contribution in [0.4, 0.5) is 11.8 Å². The van der Waals surface area contributed by atoms with E-state index in [1.54, 1.807) is 20.0 Å². The molecule has 1 aliphatic heterocycles. The molecule has 4 N–H and O–H groups in total. The summed E-state index contributed by atoms with van der Waals surface area (Å²) in [4.78, 5) is 34.2. The number of hydrogen-bond donors (Lipinski definition) is 3. The number of nitrogens with one attached hydrogen (secondary N) is 2. The molecule has 0 aliphatic carbocycles. The van der Waals surface area contributed by atoms with Gasteiger partial charge in [-0.05, 0) is 32.3 Å². The van der Waals surface area contributed by atoms with Crippen molar-refractivity contribution in [3.63, 3.8) is 0 Å². The number of anilines is 2. The summed E-state index contributed by atoms with van der Waals surface area (Å²) < 4.78 is 0. The van der Waals surface area contributed by atoms with E-state index in [1.807, 2.05) is 6.07 Å². The van der Waals surface area contributed by atoms with Gasteiger partial charge < -0.3 is 21.3 Å². The lowest BCUT2D eigenvalue weighted by molar-refractivity contribution is -0.132. The number of nitrogen functional groups attached to an aromatic ring is 1. The van der Waals surface area contributed by atoms with Crippen molar-refractivity contribution in [3.8, 4) is 0 Å². The standard InChI is InChI=1S/C17H28N6O2/c1-5-6-12-9-23(14-7-8-19-16(18)21-14)10-13(12)20-15(25)17(3,4)22-11(2)24/h7-8,12-13H,5-6,9-10H2,1-4H3,(H,20,25)(H,22,24)(H2,18,19,21)/t12-,13-/m0/s1. The molecule has 2 rings (SSSR count). The van der Waals surface area contributed by atoms with Crippen LogP contribution in [0, 0.1) is 5.92 Å². The first-order valence-electron chi connectivity index (χ1n) is 8.66. The van der Waals surface area contributed by atoms with Crippen LogP contribution in [0.1, 0.15) is 40.5 Å². The molecule has 0 spiro atoms. The number of carbonyl (C=O) groups is 2. The minimum atomic E-state index is -0.949. The zero-order valence-electron chi connectivity index (χ0n) is 15.4. The number of amides is 2. The van der Waals surface area contributed by atoms with Crippen LogP contribution in [0.5, 0.6) is 0 Å². The van der Waals surface area contributed by atoms with Gasteiger partial charge in [-0.2, -0.15) is 4.98 Å². The molecule has 8 heteroatoms. The van der Waals surface area contributed by atoms with Crippen molar-refractivity contribution in [2.24, 2.45) is 5.92 Å². The Hall–Kier alpha value is -2.38. The minimum Gasteiger partial charge on any atom is -0.368 e. The Bertz CT molecular complexity index is 633. The summed E-state index contributed by atoms with van der Waals surface area (Å²) in [5.41, 5.74) is 4.73. The Labute approximate surface area is 148 Å². The van der Waals surface area contributed by atoms with Gasteiger partial charge in [-0.1, -0.05) is 13.3 Å². The van der Waals surface area contributed by atoms with Gasteiger partial charge in [0.2, 0.25) is 17.8 Å². The number of hydrogen-bond acceptors (Lipinski definition) is 6. The van der Waals surface area contributed by atoms with Crippen molar-refractivity contribution in [1.29, 1.82) is 0 Å². The first-order chi connectivity index (χ1) is 11.7. The molecular formula is C17H28N6O2. The topological polar surface area (TPSA) is 113 Å². The number of nitrogens with zero attached hydrogens (tertiary/aromatic N) is 3. The Morgan fingerprint density at radius 3 is 2.72 bits per heavy atom. The summed E-state index contributed by atoms with van der Waals surface area (Å²) in [5, 5.41) is 5.79. The fourth-order valence-corrected chi connectivity index (χ4v) is 3.27. The van der Waals surface area contributed by atoms with E-state index in [0.29, 0.717) is 12.5 Å². The van der Waals surface area contributed by atoms with Gasteiger partial charge >= 0.3 is 0 Å². The van der Waals surface area contributed by atoms with Gasteiger partial charge in [-0.25, -0.2) is 4.98 Å². The van der Waals surface area contributed by atoms with Crippen LogP contribution in [0.15, 0.2) is 12.3 Å². The van der Waals surface area contributed by atoms with E-state index in [0.717, 1.165) is 25.2 Å². The van der Waals surface area contributed by atoms with E-state index >= 15 is 0 Å². The maximum absolute atomic E-state index is 12.6. The molecule has 8 nitrogen and oxygen atoms in total. The number of nitrogens with two attached hydrogens (primary N) is 1. The first kappa shape index (κ1) is 19.0. The van der Waals surface area contributed by atoms with Crippen LogP contribution in [0.3, 0.4) is 0 Å². The largest absolute Gasteiger partial charge is 0.368 e. The maximum Gasteiger partial charge on any atom is 0.245 e. The Balaban J connectivity index is 2.10. The van der Waals surface area contributed by atoms with Gasteiger partial charge in [-0.3, -0.25) is 9.59 Å². The fraction of sp³-hybridized carbons (Fsp3) is 0.647. The Kier molecular flexibility index (Phi) is 5.81. The number of carbonyl (C=O) groups excluding carboxylic acids is 2. The predicted octanol–water partition coefficient (Wildman–Crippen LogP) is 0.695. The molecule has 0 radical (unpaired) electrons. The van der Waals surface area contributed by atoms with E-state index in [2.05, 4.69) is 32.4 Å². The van der Waals surface area contributed by atoms with Crippen molar-refractivity contribution in [2.75, 3.05) is 23.7 Å². The third kappa shape index (κ3) is 4.80. The highest BCUT2D eigenvalue weighted by atomic mass is 16.2. The van der Waals surface area contributed by atoms with Gasteiger partial charge in [0.25, 0.3) is 0 Å². The van der Waals surface area contributed by atoms with Crippen LogP contribution < -0.4 is 21.3 Å². The van der Waals surface area contributed by atoms with E-state index in [1.165, 1.54) is 6.92 Å². The summed E-state index contributed by atoms with van der Waals surface area (Å²) in [6, 6.07) is 1.82. The quantitative estimate of drug-likeness (QED) is 0.697. The molecule has 1 aromatic heterocycles. The summed E-state index contributed by atoms with van der Waals surface area (Å²) >= 11 is 0. The summed E-state index contributed by atoms with van der Waals surface area (Å²) in [6.07, 6.45) is 3.67. The van der Waals surface area contributed by atoms with E-state index in [9.17, 15) is 9.59 Å². The molecule has 0 unspecified atom stereocenters. The maximum atomic E-state index is 12.6. The molecule has 138 valence electrons. The lowest BCUT2D eigenvalue weighted by Crippen LogP contribution is -2.57. The first-order valence-corrected chi connectivity index (χ1v) is 8.66. The van der Waals surface area contributed by atoms with Crippen LogP contribution in [0.25, 0.3) is 0 Å². The van der Waals surface area contributed by atoms with Crippen molar-refractivity contribution < 1.29 is 9.59 Å². The number of rotatable bonds is 6. The molecule has 0 saturated carbocycles. The highest BCUT2D eigenvalue weighted by Gasteiger charge is 2.37. The average molecular weight is 348 g/mol. The molecule has 1 fully saturated rings. The predicted molar refractivity (Wildman–Crippen MR) is 96.9 cm³/mol. The third-order valence-corrected chi connectivity index (χ3v) is 4.46. The molecule has 0 aromatic carbocycles. The summed E-state index contributed by atoms with van der Waals surface area (Å²) in [5.74, 6) is 0.918. The molecule has 1 saturated heterocycles. The highest BCUT2D eigenvalue weighted by molar-refractivity contribution is 5.90. The highest BCUT2D eigenvalue weighted by Crippen LogP contribution is 2.26. The normalized spacial score (nSPS) is 20.4. The Morgan fingerprint density at radius 1 is 1.40 bits per heavy atom. The average Bonchev–Trinajstić information content (AvgIpc) is 2.89. The monoisotopic (exact) mass is 348 g/mol. The molecule has 1 aliphatic rings. The Morgan fingerprint density at radius 2 is 2.12 bits per heavy atom. The van der Waals surface area contributed by atoms with E-state index < -0.39 is 5.54 Å². The lowest BCUT2D eigenvalue weighted by atomic mass is 9.96. The van der Waals surface area contributed by atoms with Gasteiger partial charge in [-0.15, -0.1) is 0 Å².